The molecular weight excluding hydrogens is 421 g/mol. The van der Waals surface area contributed by atoms with Crippen LogP contribution >= 0.6 is 0 Å². The molecule has 2 aromatic carbocycles. The summed E-state index contributed by atoms with van der Waals surface area (Å²) in [6.45, 7) is 5.40. The largest absolute Gasteiger partial charge is 0.573 e. The number of carbonyl (C=O) groups is 1. The van der Waals surface area contributed by atoms with Crippen molar-refractivity contribution in [2.24, 2.45) is 0 Å². The van der Waals surface area contributed by atoms with E-state index in [-0.39, 0.29) is 12.1 Å². The molecule has 0 bridgehead atoms. The summed E-state index contributed by atoms with van der Waals surface area (Å²) in [5.74, 6) is -1.04. The van der Waals surface area contributed by atoms with Crippen molar-refractivity contribution < 1.29 is 31.1 Å². The lowest BCUT2D eigenvalue weighted by atomic mass is 10.1. The van der Waals surface area contributed by atoms with Crippen LogP contribution in [0, 0.1) is 13.8 Å². The number of rotatable bonds is 7. The van der Waals surface area contributed by atoms with Crippen LogP contribution < -0.4 is 14.4 Å². The van der Waals surface area contributed by atoms with Crippen LogP contribution in [0.1, 0.15) is 24.5 Å². The molecule has 2 aromatic rings. The molecule has 6 nitrogen and oxygen atoms in total. The zero-order valence-electron chi connectivity index (χ0n) is 16.9. The maximum Gasteiger partial charge on any atom is 0.573 e. The third-order valence-corrected chi connectivity index (χ3v) is 5.61. The highest BCUT2D eigenvalue weighted by Gasteiger charge is 2.32. The lowest BCUT2D eigenvalue weighted by Gasteiger charge is -2.30. The van der Waals surface area contributed by atoms with Gasteiger partial charge in [-0.25, -0.2) is 8.42 Å². The number of ether oxygens (including phenoxy) is 1. The summed E-state index contributed by atoms with van der Waals surface area (Å²) in [6.07, 6.45) is -3.62. The lowest BCUT2D eigenvalue weighted by Crippen LogP contribution is -2.47. The van der Waals surface area contributed by atoms with E-state index in [9.17, 15) is 26.4 Å². The molecule has 0 spiro atoms. The van der Waals surface area contributed by atoms with Crippen molar-refractivity contribution in [2.75, 3.05) is 15.9 Å². The number of amides is 1. The van der Waals surface area contributed by atoms with E-state index in [1.54, 1.807) is 25.1 Å². The number of hydrogen-bond acceptors (Lipinski definition) is 4. The molecule has 1 N–H and O–H groups in total. The van der Waals surface area contributed by atoms with Crippen molar-refractivity contribution >= 4 is 27.3 Å². The Hall–Kier alpha value is -2.75. The Morgan fingerprint density at radius 1 is 1.10 bits per heavy atom. The summed E-state index contributed by atoms with van der Waals surface area (Å²) in [4.78, 5) is 12.8. The minimum Gasteiger partial charge on any atom is -0.406 e. The minimum absolute atomic E-state index is 0.182. The van der Waals surface area contributed by atoms with Gasteiger partial charge in [-0.15, -0.1) is 13.2 Å². The number of alkyl halides is 3. The van der Waals surface area contributed by atoms with Crippen LogP contribution in [0.3, 0.4) is 0 Å². The molecule has 0 heterocycles. The van der Waals surface area contributed by atoms with Crippen LogP contribution in [-0.4, -0.2) is 33.0 Å². The van der Waals surface area contributed by atoms with E-state index in [2.05, 4.69) is 10.1 Å². The highest BCUT2D eigenvalue weighted by Crippen LogP contribution is 2.27. The molecule has 0 saturated carbocycles. The predicted octanol–water partition coefficient (Wildman–Crippen LogP) is 4.39. The predicted molar refractivity (Wildman–Crippen MR) is 109 cm³/mol. The number of aryl methyl sites for hydroxylation is 2. The van der Waals surface area contributed by atoms with Gasteiger partial charge < -0.3 is 10.1 Å². The average molecular weight is 444 g/mol. The number of benzene rings is 2. The van der Waals surface area contributed by atoms with E-state index < -0.39 is 34.1 Å². The fraction of sp³-hybridized carbons (Fsp3) is 0.350. The van der Waals surface area contributed by atoms with Crippen LogP contribution in [-0.2, 0) is 14.8 Å². The Labute approximate surface area is 173 Å². The summed E-state index contributed by atoms with van der Waals surface area (Å²) in [5.41, 5.74) is 2.42. The fourth-order valence-corrected chi connectivity index (χ4v) is 4.09. The summed E-state index contributed by atoms with van der Waals surface area (Å²) >= 11 is 0. The molecule has 0 aromatic heterocycles. The van der Waals surface area contributed by atoms with Gasteiger partial charge in [0.05, 0.1) is 11.9 Å². The van der Waals surface area contributed by atoms with E-state index in [4.69, 9.17) is 0 Å². The number of sulfonamides is 1. The van der Waals surface area contributed by atoms with Crippen molar-refractivity contribution in [1.82, 2.24) is 0 Å². The van der Waals surface area contributed by atoms with Crippen LogP contribution in [0.5, 0.6) is 5.75 Å². The molecule has 0 aliphatic rings. The van der Waals surface area contributed by atoms with E-state index in [1.165, 1.54) is 12.1 Å². The number of nitrogens with zero attached hydrogens (tertiary/aromatic N) is 1. The van der Waals surface area contributed by atoms with Gasteiger partial charge in [0.1, 0.15) is 11.8 Å². The Bertz CT molecular complexity index is 1010. The smallest absolute Gasteiger partial charge is 0.406 e. The van der Waals surface area contributed by atoms with Gasteiger partial charge in [0, 0.05) is 5.69 Å². The summed E-state index contributed by atoms with van der Waals surface area (Å²) in [5, 5.41) is 2.55. The first-order chi connectivity index (χ1) is 13.8. The van der Waals surface area contributed by atoms with Crippen molar-refractivity contribution in [3.8, 4) is 5.75 Å². The molecule has 0 aliphatic heterocycles. The Balaban J connectivity index is 2.28. The SMILES string of the molecule is CC[C@@H](C(=O)Nc1ccc(OC(F)(F)F)cc1)N(c1ccc(C)c(C)c1)S(C)(=O)=O. The molecule has 0 saturated heterocycles. The number of carbonyl (C=O) groups excluding carboxylic acids is 1. The second-order valence-corrected chi connectivity index (χ2v) is 8.67. The zero-order valence-corrected chi connectivity index (χ0v) is 17.8. The van der Waals surface area contributed by atoms with Crippen molar-refractivity contribution in [2.45, 2.75) is 39.6 Å². The number of halogens is 3. The number of nitrogens with one attached hydrogen (secondary N) is 1. The lowest BCUT2D eigenvalue weighted by molar-refractivity contribution is -0.274. The second-order valence-electron chi connectivity index (χ2n) is 6.81. The molecule has 0 radical (unpaired) electrons. The summed E-state index contributed by atoms with van der Waals surface area (Å²) in [6, 6.07) is 8.64. The van der Waals surface area contributed by atoms with E-state index in [0.717, 1.165) is 33.8 Å². The third-order valence-electron chi connectivity index (χ3n) is 4.43. The van der Waals surface area contributed by atoms with Gasteiger partial charge in [-0.3, -0.25) is 9.10 Å². The Morgan fingerprint density at radius 2 is 1.70 bits per heavy atom. The molecule has 10 heteroatoms. The first-order valence-corrected chi connectivity index (χ1v) is 10.9. The van der Waals surface area contributed by atoms with Crippen molar-refractivity contribution in [1.29, 1.82) is 0 Å². The molecule has 164 valence electrons. The number of hydrogen-bond donors (Lipinski definition) is 1. The van der Waals surface area contributed by atoms with Crippen LogP contribution in [0.2, 0.25) is 0 Å². The highest BCUT2D eigenvalue weighted by molar-refractivity contribution is 7.92. The van der Waals surface area contributed by atoms with Crippen LogP contribution in [0.4, 0.5) is 24.5 Å². The topological polar surface area (TPSA) is 75.7 Å². The molecule has 30 heavy (non-hydrogen) atoms. The standard InChI is InChI=1S/C20H23F3N2O4S/c1-5-18(25(30(4,27)28)16-9-6-13(2)14(3)12-16)19(26)24-15-7-10-17(11-8-15)29-20(21,22)23/h6-12,18H,5H2,1-4H3,(H,24,26)/t18-/m0/s1. The molecule has 0 unspecified atom stereocenters. The van der Waals surface area contributed by atoms with Crippen LogP contribution in [0.15, 0.2) is 42.5 Å². The zero-order chi connectivity index (χ0) is 22.7. The van der Waals surface area contributed by atoms with E-state index in [1.807, 2.05) is 13.8 Å². The minimum atomic E-state index is -4.82. The first-order valence-electron chi connectivity index (χ1n) is 9.05. The summed E-state index contributed by atoms with van der Waals surface area (Å²) < 4.78 is 66.6. The van der Waals surface area contributed by atoms with Gasteiger partial charge in [-0.1, -0.05) is 13.0 Å². The first kappa shape index (κ1) is 23.5. The Kier molecular flexibility index (Phi) is 7.02. The van der Waals surface area contributed by atoms with E-state index >= 15 is 0 Å². The normalized spacial score (nSPS) is 12.9. The van der Waals surface area contributed by atoms with E-state index in [0.29, 0.717) is 5.69 Å². The number of anilines is 2. The van der Waals surface area contributed by atoms with Gasteiger partial charge >= 0.3 is 6.36 Å². The van der Waals surface area contributed by atoms with Crippen LogP contribution in [0.25, 0.3) is 0 Å². The third kappa shape index (κ3) is 6.12. The highest BCUT2D eigenvalue weighted by atomic mass is 32.2. The van der Waals surface area contributed by atoms with Gasteiger partial charge in [0.2, 0.25) is 15.9 Å². The molecule has 0 fully saturated rings. The van der Waals surface area contributed by atoms with Crippen molar-refractivity contribution in [3.63, 3.8) is 0 Å². The second kappa shape index (κ2) is 8.95. The monoisotopic (exact) mass is 444 g/mol. The maximum atomic E-state index is 12.8. The van der Waals surface area contributed by atoms with Gasteiger partial charge in [0.15, 0.2) is 0 Å². The molecule has 0 aliphatic carbocycles. The van der Waals surface area contributed by atoms with Gasteiger partial charge in [0.25, 0.3) is 0 Å². The molecular formula is C20H23F3N2O4S. The average Bonchev–Trinajstić information content (AvgIpc) is 2.61. The Morgan fingerprint density at radius 3 is 2.17 bits per heavy atom. The van der Waals surface area contributed by atoms with Gasteiger partial charge in [-0.2, -0.15) is 0 Å². The summed E-state index contributed by atoms with van der Waals surface area (Å²) in [7, 11) is -3.80. The maximum absolute atomic E-state index is 12.8. The molecule has 1 atom stereocenters. The fourth-order valence-electron chi connectivity index (χ4n) is 2.89. The van der Waals surface area contributed by atoms with Gasteiger partial charge in [-0.05, 0) is 67.8 Å². The quantitative estimate of drug-likeness (QED) is 0.688. The molecule has 2 rings (SSSR count). The molecule has 1 amide bonds. The van der Waals surface area contributed by atoms with Crippen molar-refractivity contribution in [3.05, 3.63) is 53.6 Å².